The molecule has 1 aliphatic heterocycles. The smallest absolute Gasteiger partial charge is 0.416 e. The molecule has 1 aliphatic rings. The van der Waals surface area contributed by atoms with Crippen LogP contribution in [-0.2, 0) is 20.5 Å². The third-order valence-electron chi connectivity index (χ3n) is 4.72. The number of benzene rings is 1. The Bertz CT molecular complexity index is 708. The first-order valence-electron chi connectivity index (χ1n) is 9.10. The van der Waals surface area contributed by atoms with Crippen LogP contribution in [0.4, 0.5) is 13.2 Å². The summed E-state index contributed by atoms with van der Waals surface area (Å²) >= 11 is 0. The fourth-order valence-electron chi connectivity index (χ4n) is 2.94. The molecule has 2 rings (SSSR count). The highest BCUT2D eigenvalue weighted by atomic mass is 19.4. The van der Waals surface area contributed by atoms with Crippen molar-refractivity contribution in [2.75, 3.05) is 20.1 Å². The summed E-state index contributed by atoms with van der Waals surface area (Å²) < 4.78 is 43.2. The van der Waals surface area contributed by atoms with Crippen LogP contribution in [0, 0.1) is 0 Å². The van der Waals surface area contributed by atoms with Crippen LogP contribution >= 0.6 is 0 Å². The minimum Gasteiger partial charge on any atom is -0.459 e. The largest absolute Gasteiger partial charge is 0.459 e. The van der Waals surface area contributed by atoms with E-state index in [1.807, 2.05) is 7.05 Å². The van der Waals surface area contributed by atoms with Crippen molar-refractivity contribution in [3.05, 3.63) is 47.5 Å². The van der Waals surface area contributed by atoms with Crippen molar-refractivity contribution in [3.63, 3.8) is 0 Å². The Morgan fingerprint density at radius 3 is 2.36 bits per heavy atom. The zero-order valence-electron chi connectivity index (χ0n) is 16.0. The number of rotatable bonds is 6. The standard InChI is InChI=1S/C20H25F3N2O3/c1-13(19(27)28-17-8-10-25(3)11-9-17)12-18(26)24-14(2)15-4-6-16(7-5-15)20(21,22)23/h4-7,14,17H,1,8-12H2,2-3H3,(H,24,26)/t14-/m0/s1. The van der Waals surface area contributed by atoms with Crippen LogP contribution in [0.25, 0.3) is 0 Å². The van der Waals surface area contributed by atoms with E-state index in [9.17, 15) is 22.8 Å². The number of halogens is 3. The van der Waals surface area contributed by atoms with Crippen LogP contribution in [-0.4, -0.2) is 43.0 Å². The van der Waals surface area contributed by atoms with Crippen molar-refractivity contribution in [2.45, 2.75) is 44.5 Å². The number of amides is 1. The fraction of sp³-hybridized carbons (Fsp3) is 0.500. The highest BCUT2D eigenvalue weighted by Gasteiger charge is 2.30. The third kappa shape index (κ3) is 6.37. The number of hydrogen-bond acceptors (Lipinski definition) is 4. The first-order valence-corrected chi connectivity index (χ1v) is 9.10. The summed E-state index contributed by atoms with van der Waals surface area (Å²) in [6.07, 6.45) is -3.32. The summed E-state index contributed by atoms with van der Waals surface area (Å²) in [5, 5.41) is 2.65. The Morgan fingerprint density at radius 1 is 1.25 bits per heavy atom. The number of esters is 1. The molecule has 0 saturated carbocycles. The number of piperidine rings is 1. The zero-order valence-corrected chi connectivity index (χ0v) is 16.0. The lowest BCUT2D eigenvalue weighted by atomic mass is 10.1. The molecule has 1 heterocycles. The summed E-state index contributed by atoms with van der Waals surface area (Å²) in [5.41, 5.74) is -0.170. The van der Waals surface area contributed by atoms with Crippen molar-refractivity contribution in [2.24, 2.45) is 0 Å². The molecule has 0 radical (unpaired) electrons. The van der Waals surface area contributed by atoms with Gasteiger partial charge in [-0.3, -0.25) is 4.79 Å². The minimum atomic E-state index is -4.41. The van der Waals surface area contributed by atoms with E-state index < -0.39 is 29.7 Å². The lowest BCUT2D eigenvalue weighted by Gasteiger charge is -2.28. The molecule has 1 aromatic rings. The maximum absolute atomic E-state index is 12.6. The van der Waals surface area contributed by atoms with E-state index in [-0.39, 0.29) is 18.1 Å². The van der Waals surface area contributed by atoms with Gasteiger partial charge in [0.2, 0.25) is 5.91 Å². The maximum Gasteiger partial charge on any atom is 0.416 e. The van der Waals surface area contributed by atoms with Crippen molar-refractivity contribution >= 4 is 11.9 Å². The molecule has 1 amide bonds. The molecule has 8 heteroatoms. The minimum absolute atomic E-state index is 0.0519. The van der Waals surface area contributed by atoms with Gasteiger partial charge in [-0.25, -0.2) is 4.79 Å². The van der Waals surface area contributed by atoms with E-state index in [4.69, 9.17) is 4.74 Å². The van der Waals surface area contributed by atoms with Gasteiger partial charge in [-0.1, -0.05) is 18.7 Å². The number of hydrogen-bond donors (Lipinski definition) is 1. The topological polar surface area (TPSA) is 58.6 Å². The van der Waals surface area contributed by atoms with E-state index in [2.05, 4.69) is 16.8 Å². The Balaban J connectivity index is 1.81. The lowest BCUT2D eigenvalue weighted by Crippen LogP contribution is -2.35. The second-order valence-corrected chi connectivity index (χ2v) is 7.10. The van der Waals surface area contributed by atoms with E-state index >= 15 is 0 Å². The van der Waals surface area contributed by atoms with Crippen LogP contribution in [0.2, 0.25) is 0 Å². The molecule has 0 unspecified atom stereocenters. The first kappa shape index (κ1) is 21.9. The van der Waals surface area contributed by atoms with Crippen LogP contribution in [0.1, 0.15) is 43.4 Å². The van der Waals surface area contributed by atoms with Crippen LogP contribution in [0.3, 0.4) is 0 Å². The van der Waals surface area contributed by atoms with E-state index in [0.29, 0.717) is 5.56 Å². The Labute approximate surface area is 162 Å². The average Bonchev–Trinajstić information content (AvgIpc) is 2.62. The van der Waals surface area contributed by atoms with Gasteiger partial charge in [0.1, 0.15) is 6.10 Å². The zero-order chi connectivity index (χ0) is 20.9. The molecule has 1 atom stereocenters. The molecule has 0 bridgehead atoms. The van der Waals surface area contributed by atoms with Crippen molar-refractivity contribution in [1.29, 1.82) is 0 Å². The number of nitrogens with one attached hydrogen (secondary N) is 1. The Morgan fingerprint density at radius 2 is 1.82 bits per heavy atom. The lowest BCUT2D eigenvalue weighted by molar-refractivity contribution is -0.147. The number of alkyl halides is 3. The van der Waals surface area contributed by atoms with Crippen molar-refractivity contribution in [3.8, 4) is 0 Å². The van der Waals surface area contributed by atoms with Gasteiger partial charge >= 0.3 is 12.1 Å². The average molecular weight is 398 g/mol. The second-order valence-electron chi connectivity index (χ2n) is 7.10. The first-order chi connectivity index (χ1) is 13.1. The van der Waals surface area contributed by atoms with E-state index in [0.717, 1.165) is 38.1 Å². The third-order valence-corrected chi connectivity index (χ3v) is 4.72. The fourth-order valence-corrected chi connectivity index (χ4v) is 2.94. The number of nitrogens with zero attached hydrogens (tertiary/aromatic N) is 1. The van der Waals surface area contributed by atoms with Gasteiger partial charge in [0, 0.05) is 18.7 Å². The summed E-state index contributed by atoms with van der Waals surface area (Å²) in [7, 11) is 2.00. The number of likely N-dealkylation sites (tertiary alicyclic amines) is 1. The molecular weight excluding hydrogens is 373 g/mol. The van der Waals surface area contributed by atoms with Crippen LogP contribution in [0.5, 0.6) is 0 Å². The molecule has 1 saturated heterocycles. The van der Waals surface area contributed by atoms with Crippen molar-refractivity contribution in [1.82, 2.24) is 10.2 Å². The highest BCUT2D eigenvalue weighted by molar-refractivity contribution is 5.94. The summed E-state index contributed by atoms with van der Waals surface area (Å²) in [6, 6.07) is 4.06. The van der Waals surface area contributed by atoms with Crippen molar-refractivity contribution < 1.29 is 27.5 Å². The highest BCUT2D eigenvalue weighted by Crippen LogP contribution is 2.29. The Kier molecular flexibility index (Phi) is 7.23. The van der Waals surface area contributed by atoms with Gasteiger partial charge < -0.3 is 15.0 Å². The number of ether oxygens (including phenoxy) is 1. The Hall–Kier alpha value is -2.35. The van der Waals surface area contributed by atoms with Gasteiger partial charge in [-0.15, -0.1) is 0 Å². The normalized spacial score (nSPS) is 17.0. The quantitative estimate of drug-likeness (QED) is 0.589. The molecule has 154 valence electrons. The van der Waals surface area contributed by atoms with Gasteiger partial charge in [0.25, 0.3) is 0 Å². The van der Waals surface area contributed by atoms with Crippen LogP contribution < -0.4 is 5.32 Å². The van der Waals surface area contributed by atoms with E-state index in [1.165, 1.54) is 12.1 Å². The SMILES string of the molecule is C=C(CC(=O)N[C@@H](C)c1ccc(C(F)(F)F)cc1)C(=O)OC1CCN(C)CC1. The monoisotopic (exact) mass is 398 g/mol. The molecule has 0 aromatic heterocycles. The molecule has 1 N–H and O–H groups in total. The number of carbonyl (C=O) groups is 2. The summed E-state index contributed by atoms with van der Waals surface area (Å²) in [4.78, 5) is 26.4. The van der Waals surface area contributed by atoms with E-state index in [1.54, 1.807) is 6.92 Å². The van der Waals surface area contributed by atoms with Gasteiger partial charge in [0.05, 0.1) is 18.0 Å². The molecule has 0 spiro atoms. The molecule has 1 aromatic carbocycles. The molecule has 1 fully saturated rings. The maximum atomic E-state index is 12.6. The predicted octanol–water partition coefficient (Wildman–Crippen LogP) is 3.47. The van der Waals surface area contributed by atoms with Gasteiger partial charge in [0.15, 0.2) is 0 Å². The second kappa shape index (κ2) is 9.23. The van der Waals surface area contributed by atoms with Crippen LogP contribution in [0.15, 0.2) is 36.4 Å². The summed E-state index contributed by atoms with van der Waals surface area (Å²) in [6.45, 7) is 6.96. The molecular formula is C20H25F3N2O3. The molecule has 28 heavy (non-hydrogen) atoms. The molecule has 0 aliphatic carbocycles. The van der Waals surface area contributed by atoms with Gasteiger partial charge in [-0.05, 0) is 44.5 Å². The predicted molar refractivity (Wildman–Crippen MR) is 98.4 cm³/mol. The summed E-state index contributed by atoms with van der Waals surface area (Å²) in [5.74, 6) is -1.04. The molecule has 5 nitrogen and oxygen atoms in total. The van der Waals surface area contributed by atoms with Gasteiger partial charge in [-0.2, -0.15) is 13.2 Å². The number of carbonyl (C=O) groups excluding carboxylic acids is 2.